The van der Waals surface area contributed by atoms with Gasteiger partial charge in [0, 0.05) is 12.3 Å². The monoisotopic (exact) mass is 524 g/mol. The summed E-state index contributed by atoms with van der Waals surface area (Å²) >= 11 is 2.42. The Morgan fingerprint density at radius 2 is 2.00 bits per heavy atom. The molecular formula is C24H24N6O4S2. The first kappa shape index (κ1) is 24.2. The van der Waals surface area contributed by atoms with Crippen molar-refractivity contribution in [1.82, 2.24) is 19.7 Å². The van der Waals surface area contributed by atoms with Crippen LogP contribution in [0, 0.1) is 20.8 Å². The van der Waals surface area contributed by atoms with Gasteiger partial charge in [-0.15, -0.1) is 21.5 Å². The first-order valence-corrected chi connectivity index (χ1v) is 13.1. The molecule has 0 bridgehead atoms. The molecule has 1 saturated heterocycles. The van der Waals surface area contributed by atoms with Crippen molar-refractivity contribution in [3.63, 3.8) is 0 Å². The smallest absolute Gasteiger partial charge is 0.266 e. The lowest BCUT2D eigenvalue weighted by Gasteiger charge is -2.08. The van der Waals surface area contributed by atoms with Crippen LogP contribution in [0.2, 0.25) is 0 Å². The van der Waals surface area contributed by atoms with E-state index in [1.54, 1.807) is 6.92 Å². The summed E-state index contributed by atoms with van der Waals surface area (Å²) in [5, 5.41) is 15.1. The molecule has 1 atom stereocenters. The number of nitrogens with zero attached hydrogens (tertiary/aromatic N) is 4. The molecule has 0 radical (unpaired) electrons. The molecule has 2 amide bonds. The molecule has 5 rings (SSSR count). The van der Waals surface area contributed by atoms with Crippen LogP contribution in [0.5, 0.6) is 0 Å². The van der Waals surface area contributed by atoms with E-state index in [-0.39, 0.29) is 24.1 Å². The van der Waals surface area contributed by atoms with Gasteiger partial charge in [-0.2, -0.15) is 0 Å². The number of carbonyl (C=O) groups excluding carboxylic acids is 2. The molecule has 1 fully saturated rings. The van der Waals surface area contributed by atoms with Gasteiger partial charge in [-0.1, -0.05) is 29.0 Å². The van der Waals surface area contributed by atoms with E-state index in [0.717, 1.165) is 40.3 Å². The summed E-state index contributed by atoms with van der Waals surface area (Å²) in [6.45, 7) is 6.09. The second-order valence-electron chi connectivity index (χ2n) is 8.68. The quantitative estimate of drug-likeness (QED) is 0.390. The molecule has 2 N–H and O–H groups in total. The van der Waals surface area contributed by atoms with Crippen molar-refractivity contribution in [2.45, 2.75) is 46.3 Å². The normalized spacial score (nSPS) is 15.4. The molecule has 0 saturated carbocycles. The van der Waals surface area contributed by atoms with Crippen molar-refractivity contribution in [3.8, 4) is 0 Å². The number of anilines is 2. The van der Waals surface area contributed by atoms with Gasteiger partial charge >= 0.3 is 0 Å². The van der Waals surface area contributed by atoms with E-state index in [2.05, 4.69) is 25.8 Å². The number of benzene rings is 1. The minimum Gasteiger partial charge on any atom is -0.371 e. The Morgan fingerprint density at radius 3 is 2.75 bits per heavy atom. The zero-order chi connectivity index (χ0) is 25.4. The van der Waals surface area contributed by atoms with Gasteiger partial charge in [-0.25, -0.2) is 4.98 Å². The largest absolute Gasteiger partial charge is 0.371 e. The highest BCUT2D eigenvalue weighted by Crippen LogP contribution is 2.32. The van der Waals surface area contributed by atoms with Crippen LogP contribution < -0.4 is 16.2 Å². The van der Waals surface area contributed by atoms with Crippen molar-refractivity contribution in [2.75, 3.05) is 17.2 Å². The van der Waals surface area contributed by atoms with Crippen LogP contribution in [0.3, 0.4) is 0 Å². The molecule has 4 heterocycles. The summed E-state index contributed by atoms with van der Waals surface area (Å²) in [5.41, 5.74) is 2.92. The molecule has 12 heteroatoms. The zero-order valence-electron chi connectivity index (χ0n) is 20.0. The highest BCUT2D eigenvalue weighted by Gasteiger charge is 2.23. The predicted octanol–water partition coefficient (Wildman–Crippen LogP) is 3.98. The molecule has 186 valence electrons. The number of amides is 2. The SMILES string of the molecule is Cc1ccc(NC(=O)c2sc3ncn(CC(=O)Nc4nnc(C5CCCO5)s4)c(=O)c3c2C)c(C)c1. The van der Waals surface area contributed by atoms with Crippen LogP contribution in [0.15, 0.2) is 29.3 Å². The van der Waals surface area contributed by atoms with Crippen molar-refractivity contribution in [2.24, 2.45) is 0 Å². The first-order valence-electron chi connectivity index (χ1n) is 11.4. The summed E-state index contributed by atoms with van der Waals surface area (Å²) in [4.78, 5) is 44.0. The summed E-state index contributed by atoms with van der Waals surface area (Å²) in [5.74, 6) is -0.724. The number of hydrogen-bond donors (Lipinski definition) is 2. The van der Waals surface area contributed by atoms with E-state index in [0.29, 0.717) is 38.1 Å². The molecule has 1 aliphatic rings. The van der Waals surface area contributed by atoms with Crippen LogP contribution in [0.4, 0.5) is 10.8 Å². The molecule has 10 nitrogen and oxygen atoms in total. The Labute approximate surface area is 214 Å². The van der Waals surface area contributed by atoms with E-state index in [1.807, 2.05) is 32.0 Å². The van der Waals surface area contributed by atoms with E-state index in [1.165, 1.54) is 22.2 Å². The van der Waals surface area contributed by atoms with E-state index in [4.69, 9.17) is 4.74 Å². The van der Waals surface area contributed by atoms with Gasteiger partial charge in [0.1, 0.15) is 22.5 Å². The summed E-state index contributed by atoms with van der Waals surface area (Å²) in [6.07, 6.45) is 3.10. The Bertz CT molecular complexity index is 1530. The lowest BCUT2D eigenvalue weighted by Crippen LogP contribution is -2.28. The van der Waals surface area contributed by atoms with Crippen LogP contribution in [-0.4, -0.2) is 38.2 Å². The minimum absolute atomic E-state index is 0.0785. The number of rotatable bonds is 6. The third kappa shape index (κ3) is 4.79. The maximum absolute atomic E-state index is 13.2. The number of hydrogen-bond acceptors (Lipinski definition) is 9. The van der Waals surface area contributed by atoms with Gasteiger partial charge < -0.3 is 10.1 Å². The average molecular weight is 525 g/mol. The fraction of sp³-hybridized carbons (Fsp3) is 0.333. The minimum atomic E-state index is -0.422. The molecule has 1 aromatic carbocycles. The number of aryl methyl sites for hydroxylation is 3. The predicted molar refractivity (Wildman–Crippen MR) is 139 cm³/mol. The standard InChI is InChI=1S/C24H24N6O4S2/c1-12-6-7-15(13(2)9-12)26-20(32)19-14(3)18-22(35-19)25-11-30(23(18)33)10-17(31)27-24-29-28-21(36-24)16-5-4-8-34-16/h6-7,9,11,16H,4-5,8,10H2,1-3H3,(H,26,32)(H,27,29,31). The van der Waals surface area contributed by atoms with Crippen LogP contribution in [0.1, 0.15) is 50.3 Å². The lowest BCUT2D eigenvalue weighted by molar-refractivity contribution is -0.116. The van der Waals surface area contributed by atoms with Gasteiger partial charge in [-0.3, -0.25) is 24.3 Å². The van der Waals surface area contributed by atoms with E-state index >= 15 is 0 Å². The van der Waals surface area contributed by atoms with Crippen LogP contribution in [0.25, 0.3) is 10.2 Å². The number of ether oxygens (including phenoxy) is 1. The van der Waals surface area contributed by atoms with Gasteiger partial charge in [0.05, 0.1) is 16.6 Å². The molecule has 36 heavy (non-hydrogen) atoms. The van der Waals surface area contributed by atoms with Crippen molar-refractivity contribution in [3.05, 3.63) is 61.5 Å². The number of carbonyl (C=O) groups is 2. The van der Waals surface area contributed by atoms with Gasteiger partial charge in [0.15, 0.2) is 0 Å². The molecule has 4 aromatic rings. The number of thiophene rings is 1. The summed E-state index contributed by atoms with van der Waals surface area (Å²) in [7, 11) is 0. The Balaban J connectivity index is 1.33. The molecule has 1 aliphatic heterocycles. The fourth-order valence-electron chi connectivity index (χ4n) is 4.12. The molecular weight excluding hydrogens is 500 g/mol. The third-order valence-electron chi connectivity index (χ3n) is 5.96. The van der Waals surface area contributed by atoms with Gasteiger partial charge in [0.2, 0.25) is 11.0 Å². The van der Waals surface area contributed by atoms with Crippen molar-refractivity contribution in [1.29, 1.82) is 0 Å². The summed E-state index contributed by atoms with van der Waals surface area (Å²) < 4.78 is 6.82. The van der Waals surface area contributed by atoms with Crippen molar-refractivity contribution >= 4 is 55.5 Å². The van der Waals surface area contributed by atoms with E-state index in [9.17, 15) is 14.4 Å². The number of aromatic nitrogens is 4. The number of nitrogens with one attached hydrogen (secondary N) is 2. The Morgan fingerprint density at radius 1 is 1.17 bits per heavy atom. The van der Waals surface area contributed by atoms with Gasteiger partial charge in [0.25, 0.3) is 11.5 Å². The van der Waals surface area contributed by atoms with Crippen LogP contribution >= 0.6 is 22.7 Å². The second-order valence-corrected chi connectivity index (χ2v) is 10.7. The lowest BCUT2D eigenvalue weighted by atomic mass is 10.1. The fourth-order valence-corrected chi connectivity index (χ4v) is 6.00. The summed E-state index contributed by atoms with van der Waals surface area (Å²) in [6, 6.07) is 5.78. The topological polar surface area (TPSA) is 128 Å². The third-order valence-corrected chi connectivity index (χ3v) is 8.09. The maximum Gasteiger partial charge on any atom is 0.266 e. The first-order chi connectivity index (χ1) is 17.3. The molecule has 3 aromatic heterocycles. The van der Waals surface area contributed by atoms with Crippen molar-refractivity contribution < 1.29 is 14.3 Å². The van der Waals surface area contributed by atoms with Crippen LogP contribution in [-0.2, 0) is 16.1 Å². The zero-order valence-corrected chi connectivity index (χ0v) is 21.6. The molecule has 0 spiro atoms. The maximum atomic E-state index is 13.2. The molecule has 0 aliphatic carbocycles. The average Bonchev–Trinajstić information content (AvgIpc) is 3.58. The highest BCUT2D eigenvalue weighted by molar-refractivity contribution is 7.20. The van der Waals surface area contributed by atoms with E-state index < -0.39 is 5.91 Å². The Kier molecular flexibility index (Phi) is 6.65. The second kappa shape index (κ2) is 9.88. The van der Waals surface area contributed by atoms with Gasteiger partial charge in [-0.05, 0) is 50.8 Å². The Hall–Kier alpha value is -3.48. The molecule has 1 unspecified atom stereocenters. The highest BCUT2D eigenvalue weighted by atomic mass is 32.1. The number of fused-ring (bicyclic) bond motifs is 1.